The Morgan fingerprint density at radius 2 is 2.10 bits per heavy atom. The SMILES string of the molecule is CCc1nc(Cc2cccnc2)sc1CNC(C)(C)C. The molecular formula is C16H23N3S. The molecule has 0 atom stereocenters. The van der Waals surface area contributed by atoms with Gasteiger partial charge in [-0.05, 0) is 38.8 Å². The van der Waals surface area contributed by atoms with Crippen molar-refractivity contribution < 1.29 is 0 Å². The molecule has 0 saturated heterocycles. The van der Waals surface area contributed by atoms with Gasteiger partial charge in [0, 0.05) is 35.8 Å². The number of nitrogens with one attached hydrogen (secondary N) is 1. The number of thiazole rings is 1. The van der Waals surface area contributed by atoms with Crippen LogP contribution >= 0.6 is 11.3 Å². The van der Waals surface area contributed by atoms with E-state index in [1.54, 1.807) is 0 Å². The molecule has 0 spiro atoms. The maximum Gasteiger partial charge on any atom is 0.0976 e. The summed E-state index contributed by atoms with van der Waals surface area (Å²) >= 11 is 1.82. The molecule has 2 aromatic heterocycles. The van der Waals surface area contributed by atoms with Crippen molar-refractivity contribution in [1.29, 1.82) is 0 Å². The number of aryl methyl sites for hydroxylation is 1. The van der Waals surface area contributed by atoms with Gasteiger partial charge in [-0.25, -0.2) is 4.98 Å². The summed E-state index contributed by atoms with van der Waals surface area (Å²) in [6.45, 7) is 9.64. The average molecular weight is 289 g/mol. The first-order chi connectivity index (χ1) is 9.48. The molecule has 2 rings (SSSR count). The topological polar surface area (TPSA) is 37.8 Å². The lowest BCUT2D eigenvalue weighted by molar-refractivity contribution is 0.425. The average Bonchev–Trinajstić information content (AvgIpc) is 2.79. The fourth-order valence-corrected chi connectivity index (χ4v) is 3.08. The summed E-state index contributed by atoms with van der Waals surface area (Å²) in [6.07, 6.45) is 5.59. The van der Waals surface area contributed by atoms with E-state index >= 15 is 0 Å². The van der Waals surface area contributed by atoms with Gasteiger partial charge in [0.2, 0.25) is 0 Å². The second-order valence-corrected chi connectivity index (χ2v) is 7.14. The summed E-state index contributed by atoms with van der Waals surface area (Å²) in [5, 5.41) is 4.73. The minimum atomic E-state index is 0.137. The van der Waals surface area contributed by atoms with Gasteiger partial charge in [-0.1, -0.05) is 13.0 Å². The third kappa shape index (κ3) is 4.39. The van der Waals surface area contributed by atoms with E-state index < -0.39 is 0 Å². The summed E-state index contributed by atoms with van der Waals surface area (Å²) < 4.78 is 0. The molecule has 0 amide bonds. The van der Waals surface area contributed by atoms with Gasteiger partial charge in [0.05, 0.1) is 10.7 Å². The van der Waals surface area contributed by atoms with Crippen LogP contribution < -0.4 is 5.32 Å². The molecule has 0 aromatic carbocycles. The summed E-state index contributed by atoms with van der Waals surface area (Å²) in [7, 11) is 0. The Bertz CT molecular complexity index is 541. The van der Waals surface area contributed by atoms with Gasteiger partial charge in [0.1, 0.15) is 0 Å². The van der Waals surface area contributed by atoms with Crippen LogP contribution in [0.5, 0.6) is 0 Å². The van der Waals surface area contributed by atoms with Crippen LogP contribution in [-0.2, 0) is 19.4 Å². The van der Waals surface area contributed by atoms with Crippen molar-refractivity contribution in [2.45, 2.75) is 52.6 Å². The molecule has 0 aliphatic carbocycles. The van der Waals surface area contributed by atoms with Crippen molar-refractivity contribution in [3.63, 3.8) is 0 Å². The number of nitrogens with zero attached hydrogens (tertiary/aromatic N) is 2. The standard InChI is InChI=1S/C16H23N3S/c1-5-13-14(11-18-16(2,3)4)20-15(19-13)9-12-7-6-8-17-10-12/h6-8,10,18H,5,9,11H2,1-4H3. The van der Waals surface area contributed by atoms with Gasteiger partial charge in [-0.2, -0.15) is 0 Å². The van der Waals surface area contributed by atoms with Crippen LogP contribution in [-0.4, -0.2) is 15.5 Å². The minimum absolute atomic E-state index is 0.137. The van der Waals surface area contributed by atoms with Gasteiger partial charge in [0.25, 0.3) is 0 Å². The van der Waals surface area contributed by atoms with E-state index in [1.165, 1.54) is 21.1 Å². The minimum Gasteiger partial charge on any atom is -0.307 e. The predicted molar refractivity (Wildman–Crippen MR) is 85.1 cm³/mol. The predicted octanol–water partition coefficient (Wildman–Crippen LogP) is 3.58. The van der Waals surface area contributed by atoms with Crippen molar-refractivity contribution in [1.82, 2.24) is 15.3 Å². The van der Waals surface area contributed by atoms with Crippen molar-refractivity contribution >= 4 is 11.3 Å². The van der Waals surface area contributed by atoms with Crippen molar-refractivity contribution in [3.05, 3.63) is 45.7 Å². The normalized spacial score (nSPS) is 11.8. The maximum atomic E-state index is 4.78. The highest BCUT2D eigenvalue weighted by atomic mass is 32.1. The van der Waals surface area contributed by atoms with Crippen LogP contribution in [0.2, 0.25) is 0 Å². The molecule has 0 radical (unpaired) electrons. The molecule has 4 heteroatoms. The molecule has 108 valence electrons. The Morgan fingerprint density at radius 3 is 2.70 bits per heavy atom. The summed E-state index contributed by atoms with van der Waals surface area (Å²) in [5.74, 6) is 0. The fourth-order valence-electron chi connectivity index (χ4n) is 1.95. The molecule has 0 saturated carbocycles. The van der Waals surface area contributed by atoms with Crippen LogP contribution in [0.3, 0.4) is 0 Å². The molecule has 1 N–H and O–H groups in total. The summed E-state index contributed by atoms with van der Waals surface area (Å²) in [5.41, 5.74) is 2.59. The number of hydrogen-bond donors (Lipinski definition) is 1. The van der Waals surface area contributed by atoms with E-state index in [0.29, 0.717) is 0 Å². The quantitative estimate of drug-likeness (QED) is 0.914. The zero-order chi connectivity index (χ0) is 14.6. The Hall–Kier alpha value is -1.26. The van der Waals surface area contributed by atoms with E-state index in [2.05, 4.69) is 44.1 Å². The Morgan fingerprint density at radius 1 is 1.30 bits per heavy atom. The molecule has 2 aromatic rings. The van der Waals surface area contributed by atoms with Crippen LogP contribution in [0, 0.1) is 0 Å². The zero-order valence-corrected chi connectivity index (χ0v) is 13.5. The molecule has 20 heavy (non-hydrogen) atoms. The van der Waals surface area contributed by atoms with Crippen LogP contribution in [0.1, 0.15) is 48.8 Å². The molecule has 0 bridgehead atoms. The van der Waals surface area contributed by atoms with E-state index in [0.717, 1.165) is 19.4 Å². The first-order valence-corrected chi connectivity index (χ1v) is 7.91. The monoisotopic (exact) mass is 289 g/mol. The third-order valence-corrected chi connectivity index (χ3v) is 4.11. The number of pyridine rings is 1. The fraction of sp³-hybridized carbons (Fsp3) is 0.500. The van der Waals surface area contributed by atoms with Crippen molar-refractivity contribution in [3.8, 4) is 0 Å². The van der Waals surface area contributed by atoms with Gasteiger partial charge < -0.3 is 5.32 Å². The number of aromatic nitrogens is 2. The molecule has 0 unspecified atom stereocenters. The highest BCUT2D eigenvalue weighted by Gasteiger charge is 2.14. The first-order valence-electron chi connectivity index (χ1n) is 7.09. The molecular weight excluding hydrogens is 266 g/mol. The van der Waals surface area contributed by atoms with Gasteiger partial charge in [-0.3, -0.25) is 4.98 Å². The maximum absolute atomic E-state index is 4.78. The Labute approximate surface area is 125 Å². The van der Waals surface area contributed by atoms with Crippen LogP contribution in [0.15, 0.2) is 24.5 Å². The first kappa shape index (κ1) is 15.1. The Kier molecular flexibility index (Phi) is 4.89. The molecule has 0 aliphatic heterocycles. The largest absolute Gasteiger partial charge is 0.307 e. The van der Waals surface area contributed by atoms with E-state index in [-0.39, 0.29) is 5.54 Å². The third-order valence-electron chi connectivity index (χ3n) is 3.01. The summed E-state index contributed by atoms with van der Waals surface area (Å²) in [4.78, 5) is 10.3. The molecule has 2 heterocycles. The van der Waals surface area contributed by atoms with E-state index in [1.807, 2.05) is 29.8 Å². The number of hydrogen-bond acceptors (Lipinski definition) is 4. The summed E-state index contributed by atoms with van der Waals surface area (Å²) in [6, 6.07) is 4.08. The highest BCUT2D eigenvalue weighted by molar-refractivity contribution is 7.11. The number of rotatable bonds is 5. The van der Waals surface area contributed by atoms with Crippen molar-refractivity contribution in [2.75, 3.05) is 0 Å². The molecule has 3 nitrogen and oxygen atoms in total. The second kappa shape index (κ2) is 6.46. The Balaban J connectivity index is 2.10. The van der Waals surface area contributed by atoms with Gasteiger partial charge in [-0.15, -0.1) is 11.3 Å². The van der Waals surface area contributed by atoms with Gasteiger partial charge >= 0.3 is 0 Å². The second-order valence-electron chi connectivity index (χ2n) is 5.97. The van der Waals surface area contributed by atoms with Crippen molar-refractivity contribution in [2.24, 2.45) is 0 Å². The zero-order valence-electron chi connectivity index (χ0n) is 12.7. The van der Waals surface area contributed by atoms with Crippen LogP contribution in [0.25, 0.3) is 0 Å². The van der Waals surface area contributed by atoms with Crippen LogP contribution in [0.4, 0.5) is 0 Å². The lowest BCUT2D eigenvalue weighted by atomic mass is 10.1. The van der Waals surface area contributed by atoms with Gasteiger partial charge in [0.15, 0.2) is 0 Å². The van der Waals surface area contributed by atoms with E-state index in [9.17, 15) is 0 Å². The highest BCUT2D eigenvalue weighted by Crippen LogP contribution is 2.22. The molecule has 0 fully saturated rings. The molecule has 0 aliphatic rings. The smallest absolute Gasteiger partial charge is 0.0976 e. The lowest BCUT2D eigenvalue weighted by Crippen LogP contribution is -2.35. The lowest BCUT2D eigenvalue weighted by Gasteiger charge is -2.20. The van der Waals surface area contributed by atoms with E-state index in [4.69, 9.17) is 4.98 Å².